The molecule has 0 aliphatic carbocycles. The second-order valence-corrected chi connectivity index (χ2v) is 6.97. The van der Waals surface area contributed by atoms with Crippen LogP contribution in [-0.2, 0) is 11.2 Å². The highest BCUT2D eigenvalue weighted by Crippen LogP contribution is 2.30. The number of hydrogen-bond acceptors (Lipinski definition) is 4. The van der Waals surface area contributed by atoms with Crippen LogP contribution in [0.2, 0.25) is 0 Å². The van der Waals surface area contributed by atoms with Gasteiger partial charge in [-0.15, -0.1) is 0 Å². The summed E-state index contributed by atoms with van der Waals surface area (Å²) in [5, 5.41) is 9.04. The first-order chi connectivity index (χ1) is 13.5. The van der Waals surface area contributed by atoms with Gasteiger partial charge in [0, 0.05) is 19.0 Å². The Bertz CT molecular complexity index is 847. The van der Waals surface area contributed by atoms with E-state index in [1.165, 1.54) is 0 Å². The average molecular weight is 383 g/mol. The van der Waals surface area contributed by atoms with E-state index in [2.05, 4.69) is 0 Å². The summed E-state index contributed by atoms with van der Waals surface area (Å²) in [6.07, 6.45) is 2.24. The Morgan fingerprint density at radius 3 is 2.43 bits per heavy atom. The summed E-state index contributed by atoms with van der Waals surface area (Å²) in [7, 11) is 3.16. The van der Waals surface area contributed by atoms with Crippen molar-refractivity contribution in [2.24, 2.45) is 0 Å². The number of nitrogens with zero attached hydrogens (tertiary/aromatic N) is 1. The fraction of sp³-hybridized carbons (Fsp3) is 0.364. The molecule has 1 amide bonds. The Morgan fingerprint density at radius 1 is 1.07 bits per heavy atom. The smallest absolute Gasteiger partial charge is 0.335 e. The summed E-state index contributed by atoms with van der Waals surface area (Å²) in [5.41, 5.74) is 2.24. The van der Waals surface area contributed by atoms with Gasteiger partial charge in [0.05, 0.1) is 26.2 Å². The normalized spacial score (nSPS) is 16.5. The molecule has 1 fully saturated rings. The largest absolute Gasteiger partial charge is 0.493 e. The van der Waals surface area contributed by atoms with Crippen molar-refractivity contribution in [2.75, 3.05) is 27.3 Å². The molecule has 1 atom stereocenters. The molecule has 0 saturated carbocycles. The van der Waals surface area contributed by atoms with Gasteiger partial charge in [-0.25, -0.2) is 4.79 Å². The van der Waals surface area contributed by atoms with Crippen molar-refractivity contribution in [3.8, 4) is 11.5 Å². The number of likely N-dealkylation sites (tertiary alicyclic amines) is 1. The number of aromatic carboxylic acids is 1. The summed E-state index contributed by atoms with van der Waals surface area (Å²) >= 11 is 0. The molecule has 0 unspecified atom stereocenters. The van der Waals surface area contributed by atoms with Crippen LogP contribution in [-0.4, -0.2) is 49.2 Å². The number of ether oxygens (including phenoxy) is 2. The number of hydrogen-bond donors (Lipinski definition) is 1. The Hall–Kier alpha value is -3.02. The lowest BCUT2D eigenvalue weighted by atomic mass is 9.90. The molecule has 6 nitrogen and oxygen atoms in total. The van der Waals surface area contributed by atoms with Crippen molar-refractivity contribution in [1.82, 2.24) is 4.90 Å². The zero-order valence-corrected chi connectivity index (χ0v) is 16.2. The molecule has 1 N–H and O–H groups in total. The molecule has 1 saturated heterocycles. The second kappa shape index (κ2) is 8.78. The standard InChI is InChI=1S/C22H25NO5/c1-27-19-10-5-15(12-20(19)28-2)13-21(24)23-11-3-4-18(14-23)16-6-8-17(9-7-16)22(25)26/h5-10,12,18H,3-4,11,13-14H2,1-2H3,(H,25,26)/t18-/m0/s1. The van der Waals surface area contributed by atoms with E-state index in [1.807, 2.05) is 35.2 Å². The first-order valence-corrected chi connectivity index (χ1v) is 9.33. The van der Waals surface area contributed by atoms with Crippen LogP contribution < -0.4 is 9.47 Å². The Kier molecular flexibility index (Phi) is 6.19. The van der Waals surface area contributed by atoms with Gasteiger partial charge in [0.25, 0.3) is 0 Å². The number of amides is 1. The minimum absolute atomic E-state index is 0.0825. The molecule has 0 aromatic heterocycles. The maximum Gasteiger partial charge on any atom is 0.335 e. The molecule has 1 aliphatic rings. The maximum absolute atomic E-state index is 12.8. The highest BCUT2D eigenvalue weighted by Gasteiger charge is 2.25. The van der Waals surface area contributed by atoms with Crippen molar-refractivity contribution < 1.29 is 24.2 Å². The Balaban J connectivity index is 1.66. The number of carbonyl (C=O) groups is 2. The topological polar surface area (TPSA) is 76.1 Å². The molecule has 28 heavy (non-hydrogen) atoms. The van der Waals surface area contributed by atoms with E-state index in [1.54, 1.807) is 26.4 Å². The van der Waals surface area contributed by atoms with E-state index < -0.39 is 5.97 Å². The molecule has 0 bridgehead atoms. The molecular formula is C22H25NO5. The van der Waals surface area contributed by atoms with Crippen LogP contribution >= 0.6 is 0 Å². The predicted octanol–water partition coefficient (Wildman–Crippen LogP) is 3.35. The van der Waals surface area contributed by atoms with Gasteiger partial charge in [0.2, 0.25) is 5.91 Å². The van der Waals surface area contributed by atoms with Crippen molar-refractivity contribution in [2.45, 2.75) is 25.2 Å². The van der Waals surface area contributed by atoms with E-state index in [0.29, 0.717) is 24.5 Å². The molecule has 3 rings (SSSR count). The summed E-state index contributed by atoms with van der Waals surface area (Å²) < 4.78 is 10.6. The molecule has 0 spiro atoms. The number of methoxy groups -OCH3 is 2. The molecular weight excluding hydrogens is 358 g/mol. The lowest BCUT2D eigenvalue weighted by molar-refractivity contribution is -0.131. The van der Waals surface area contributed by atoms with Crippen molar-refractivity contribution >= 4 is 11.9 Å². The minimum atomic E-state index is -0.929. The number of carboxylic acids is 1. The molecule has 148 valence electrons. The third kappa shape index (κ3) is 4.44. The summed E-state index contributed by atoms with van der Waals surface area (Å²) in [4.78, 5) is 25.7. The Labute approximate surface area is 164 Å². The fourth-order valence-electron chi connectivity index (χ4n) is 3.65. The Morgan fingerprint density at radius 2 is 1.79 bits per heavy atom. The van der Waals surface area contributed by atoms with Gasteiger partial charge < -0.3 is 19.5 Å². The monoisotopic (exact) mass is 383 g/mol. The number of carboxylic acid groups (broad SMARTS) is 1. The fourth-order valence-corrected chi connectivity index (χ4v) is 3.65. The third-order valence-corrected chi connectivity index (χ3v) is 5.21. The molecule has 0 radical (unpaired) electrons. The van der Waals surface area contributed by atoms with Crippen LogP contribution in [0.25, 0.3) is 0 Å². The van der Waals surface area contributed by atoms with Gasteiger partial charge in [-0.3, -0.25) is 4.79 Å². The summed E-state index contributed by atoms with van der Waals surface area (Å²) in [6, 6.07) is 12.5. The first kappa shape index (κ1) is 19.7. The van der Waals surface area contributed by atoms with E-state index in [4.69, 9.17) is 14.6 Å². The summed E-state index contributed by atoms with van der Waals surface area (Å²) in [6.45, 7) is 1.40. The highest BCUT2D eigenvalue weighted by atomic mass is 16.5. The van der Waals surface area contributed by atoms with Crippen molar-refractivity contribution in [3.05, 3.63) is 59.2 Å². The van der Waals surface area contributed by atoms with Crippen molar-refractivity contribution in [1.29, 1.82) is 0 Å². The van der Waals surface area contributed by atoms with Gasteiger partial charge in [-0.1, -0.05) is 18.2 Å². The predicted molar refractivity (Wildman–Crippen MR) is 105 cm³/mol. The maximum atomic E-state index is 12.8. The molecule has 6 heteroatoms. The van der Waals surface area contributed by atoms with Gasteiger partial charge >= 0.3 is 5.97 Å². The molecule has 1 heterocycles. The lowest BCUT2D eigenvalue weighted by Gasteiger charge is -2.33. The number of carbonyl (C=O) groups excluding carboxylic acids is 1. The zero-order chi connectivity index (χ0) is 20.1. The second-order valence-electron chi connectivity index (χ2n) is 6.97. The van der Waals surface area contributed by atoms with Crippen LogP contribution in [0.3, 0.4) is 0 Å². The first-order valence-electron chi connectivity index (χ1n) is 9.33. The van der Waals surface area contributed by atoms with Crippen molar-refractivity contribution in [3.63, 3.8) is 0 Å². The van der Waals surface area contributed by atoms with E-state index in [-0.39, 0.29) is 17.4 Å². The van der Waals surface area contributed by atoms with Crippen LogP contribution in [0.1, 0.15) is 40.2 Å². The quantitative estimate of drug-likeness (QED) is 0.828. The summed E-state index contributed by atoms with van der Waals surface area (Å²) in [5.74, 6) is 0.635. The number of benzene rings is 2. The van der Waals surface area contributed by atoms with E-state index in [9.17, 15) is 9.59 Å². The van der Waals surface area contributed by atoms with Gasteiger partial charge in [-0.2, -0.15) is 0 Å². The third-order valence-electron chi connectivity index (χ3n) is 5.21. The van der Waals surface area contributed by atoms with Crippen LogP contribution in [0.4, 0.5) is 0 Å². The molecule has 1 aliphatic heterocycles. The average Bonchev–Trinajstić information content (AvgIpc) is 2.73. The molecule has 2 aromatic rings. The minimum Gasteiger partial charge on any atom is -0.493 e. The van der Waals surface area contributed by atoms with Crippen LogP contribution in [0.5, 0.6) is 11.5 Å². The number of rotatable bonds is 6. The van der Waals surface area contributed by atoms with Gasteiger partial charge in [-0.05, 0) is 48.2 Å². The van der Waals surface area contributed by atoms with E-state index >= 15 is 0 Å². The van der Waals surface area contributed by atoms with E-state index in [0.717, 1.165) is 30.5 Å². The van der Waals surface area contributed by atoms with Crippen LogP contribution in [0.15, 0.2) is 42.5 Å². The van der Waals surface area contributed by atoms with Gasteiger partial charge in [0.1, 0.15) is 0 Å². The highest BCUT2D eigenvalue weighted by molar-refractivity contribution is 5.87. The lowest BCUT2D eigenvalue weighted by Crippen LogP contribution is -2.39. The number of piperidine rings is 1. The van der Waals surface area contributed by atoms with Crippen LogP contribution in [0, 0.1) is 0 Å². The molecule has 2 aromatic carbocycles. The zero-order valence-electron chi connectivity index (χ0n) is 16.2. The van der Waals surface area contributed by atoms with Gasteiger partial charge in [0.15, 0.2) is 11.5 Å². The SMILES string of the molecule is COc1ccc(CC(=O)N2CCC[C@H](c3ccc(C(=O)O)cc3)C2)cc1OC.